The third kappa shape index (κ3) is 3.52. The third-order valence-corrected chi connectivity index (χ3v) is 4.08. The molecule has 0 radical (unpaired) electrons. The highest BCUT2D eigenvalue weighted by Gasteiger charge is 2.30. The van der Waals surface area contributed by atoms with Gasteiger partial charge >= 0.3 is 0 Å². The lowest BCUT2D eigenvalue weighted by molar-refractivity contribution is -0.121. The second-order valence-electron chi connectivity index (χ2n) is 6.07. The minimum absolute atomic E-state index is 0.0642. The van der Waals surface area contributed by atoms with E-state index >= 15 is 0 Å². The lowest BCUT2D eigenvalue weighted by Crippen LogP contribution is -2.41. The first-order valence-corrected chi connectivity index (χ1v) is 7.97. The van der Waals surface area contributed by atoms with Gasteiger partial charge < -0.3 is 15.1 Å². The molecule has 3 amide bonds. The van der Waals surface area contributed by atoms with E-state index in [1.54, 1.807) is 31.3 Å². The summed E-state index contributed by atoms with van der Waals surface area (Å²) in [5.41, 5.74) is 2.63. The average Bonchev–Trinajstić information content (AvgIpc) is 2.68. The van der Waals surface area contributed by atoms with Gasteiger partial charge in [0.05, 0.1) is 11.3 Å². The van der Waals surface area contributed by atoms with Gasteiger partial charge in [-0.25, -0.2) is 0 Å². The lowest BCUT2D eigenvalue weighted by Gasteiger charge is -2.21. The van der Waals surface area contributed by atoms with Crippen LogP contribution in [0.1, 0.15) is 15.9 Å². The molecule has 0 fully saturated rings. The Morgan fingerprint density at radius 1 is 1.08 bits per heavy atom. The molecule has 1 aliphatic rings. The normalized spacial score (nSPS) is 14.2. The number of rotatable bonds is 3. The molecule has 6 heteroatoms. The summed E-state index contributed by atoms with van der Waals surface area (Å²) in [6.45, 7) is 1.75. The van der Waals surface area contributed by atoms with Crippen LogP contribution in [0.4, 0.5) is 11.4 Å². The molecule has 0 aromatic heterocycles. The Morgan fingerprint density at radius 3 is 2.48 bits per heavy atom. The predicted molar refractivity (Wildman–Crippen MR) is 95.6 cm³/mol. The highest BCUT2D eigenvalue weighted by Crippen LogP contribution is 2.25. The number of nitrogens with zero attached hydrogens (tertiary/aromatic N) is 2. The van der Waals surface area contributed by atoms with Gasteiger partial charge in [-0.1, -0.05) is 29.8 Å². The number of benzene rings is 2. The van der Waals surface area contributed by atoms with E-state index in [4.69, 9.17) is 0 Å². The SMILES string of the molecule is Cc1ccc(NC(=O)CN2C(=O)CN(C)C(=O)c3ccccc32)cc1. The van der Waals surface area contributed by atoms with Crippen LogP contribution >= 0.6 is 0 Å². The summed E-state index contributed by atoms with van der Waals surface area (Å²) in [4.78, 5) is 40.0. The maximum absolute atomic E-state index is 12.5. The number of carbonyl (C=O) groups excluding carboxylic acids is 3. The Kier molecular flexibility index (Phi) is 4.52. The maximum atomic E-state index is 12.5. The number of fused-ring (bicyclic) bond motifs is 1. The van der Waals surface area contributed by atoms with Crippen molar-refractivity contribution in [2.45, 2.75) is 6.92 Å². The van der Waals surface area contributed by atoms with Gasteiger partial charge in [0, 0.05) is 12.7 Å². The van der Waals surface area contributed by atoms with E-state index in [0.29, 0.717) is 16.9 Å². The molecular weight excluding hydrogens is 318 g/mol. The number of hydrogen-bond donors (Lipinski definition) is 1. The molecule has 2 aromatic carbocycles. The van der Waals surface area contributed by atoms with Crippen molar-refractivity contribution in [3.8, 4) is 0 Å². The number of aryl methyl sites for hydroxylation is 1. The van der Waals surface area contributed by atoms with Crippen LogP contribution in [0, 0.1) is 6.92 Å². The fourth-order valence-corrected chi connectivity index (χ4v) is 2.74. The Labute approximate surface area is 146 Å². The molecule has 6 nitrogen and oxygen atoms in total. The van der Waals surface area contributed by atoms with Gasteiger partial charge in [-0.15, -0.1) is 0 Å². The molecule has 1 heterocycles. The summed E-state index contributed by atoms with van der Waals surface area (Å²) < 4.78 is 0. The van der Waals surface area contributed by atoms with Gasteiger partial charge in [0.15, 0.2) is 0 Å². The topological polar surface area (TPSA) is 69.7 Å². The van der Waals surface area contributed by atoms with Crippen molar-refractivity contribution in [3.63, 3.8) is 0 Å². The molecule has 25 heavy (non-hydrogen) atoms. The van der Waals surface area contributed by atoms with Crippen molar-refractivity contribution >= 4 is 29.1 Å². The Balaban J connectivity index is 1.84. The Bertz CT molecular complexity index is 830. The van der Waals surface area contributed by atoms with E-state index in [1.165, 1.54) is 9.80 Å². The molecule has 0 atom stereocenters. The number of amides is 3. The number of para-hydroxylation sites is 1. The standard InChI is InChI=1S/C19H19N3O3/c1-13-7-9-14(10-8-13)20-17(23)11-22-16-6-4-3-5-15(16)19(25)21(2)12-18(22)24/h3-10H,11-12H2,1-2H3,(H,20,23). The van der Waals surface area contributed by atoms with E-state index in [2.05, 4.69) is 5.32 Å². The third-order valence-electron chi connectivity index (χ3n) is 4.08. The van der Waals surface area contributed by atoms with Crippen LogP contribution in [0.25, 0.3) is 0 Å². The van der Waals surface area contributed by atoms with E-state index in [-0.39, 0.29) is 30.8 Å². The smallest absolute Gasteiger partial charge is 0.256 e. The number of nitrogens with one attached hydrogen (secondary N) is 1. The van der Waals surface area contributed by atoms with Gasteiger partial charge in [-0.2, -0.15) is 0 Å². The molecule has 2 aromatic rings. The van der Waals surface area contributed by atoms with Gasteiger partial charge in [0.1, 0.15) is 13.1 Å². The zero-order valence-electron chi connectivity index (χ0n) is 14.2. The van der Waals surface area contributed by atoms with Gasteiger partial charge in [-0.3, -0.25) is 14.4 Å². The van der Waals surface area contributed by atoms with Crippen molar-refractivity contribution in [3.05, 3.63) is 59.7 Å². The number of anilines is 2. The molecule has 1 aliphatic heterocycles. The zero-order valence-corrected chi connectivity index (χ0v) is 14.2. The van der Waals surface area contributed by atoms with Crippen LogP contribution in [-0.2, 0) is 9.59 Å². The van der Waals surface area contributed by atoms with Crippen molar-refractivity contribution in [1.29, 1.82) is 0 Å². The zero-order chi connectivity index (χ0) is 18.0. The second-order valence-corrected chi connectivity index (χ2v) is 6.07. The Hall–Kier alpha value is -3.15. The van der Waals surface area contributed by atoms with Gasteiger partial charge in [-0.05, 0) is 31.2 Å². The summed E-state index contributed by atoms with van der Waals surface area (Å²) in [5.74, 6) is -0.839. The number of carbonyl (C=O) groups is 3. The first kappa shape index (κ1) is 16.7. The van der Waals surface area contributed by atoms with Crippen molar-refractivity contribution in [1.82, 2.24) is 4.90 Å². The molecule has 3 rings (SSSR count). The first-order valence-electron chi connectivity index (χ1n) is 7.97. The summed E-state index contributed by atoms with van der Waals surface area (Å²) in [5, 5.41) is 2.78. The highest BCUT2D eigenvalue weighted by atomic mass is 16.2. The summed E-state index contributed by atoms with van der Waals surface area (Å²) >= 11 is 0. The number of hydrogen-bond acceptors (Lipinski definition) is 3. The van der Waals surface area contributed by atoms with Gasteiger partial charge in [0.2, 0.25) is 11.8 Å². The van der Waals surface area contributed by atoms with Crippen LogP contribution in [0.2, 0.25) is 0 Å². The monoisotopic (exact) mass is 337 g/mol. The summed E-state index contributed by atoms with van der Waals surface area (Å²) in [6.07, 6.45) is 0. The molecule has 0 saturated carbocycles. The van der Waals surface area contributed by atoms with Crippen molar-refractivity contribution < 1.29 is 14.4 Å². The maximum Gasteiger partial charge on any atom is 0.256 e. The van der Waals surface area contributed by atoms with E-state index < -0.39 is 0 Å². The van der Waals surface area contributed by atoms with Crippen LogP contribution in [0.5, 0.6) is 0 Å². The molecule has 0 spiro atoms. The largest absolute Gasteiger partial charge is 0.332 e. The molecule has 0 bridgehead atoms. The molecule has 0 aliphatic carbocycles. The lowest BCUT2D eigenvalue weighted by atomic mass is 10.1. The first-order chi connectivity index (χ1) is 12.0. The fourth-order valence-electron chi connectivity index (χ4n) is 2.74. The predicted octanol–water partition coefficient (Wildman–Crippen LogP) is 2.05. The molecule has 0 saturated heterocycles. The fraction of sp³-hybridized carbons (Fsp3) is 0.211. The quantitative estimate of drug-likeness (QED) is 0.932. The van der Waals surface area contributed by atoms with Crippen LogP contribution in [-0.4, -0.2) is 42.8 Å². The minimum Gasteiger partial charge on any atom is -0.332 e. The minimum atomic E-state index is -0.316. The summed E-state index contributed by atoms with van der Waals surface area (Å²) in [6, 6.07) is 14.2. The van der Waals surface area contributed by atoms with Crippen molar-refractivity contribution in [2.24, 2.45) is 0 Å². The van der Waals surface area contributed by atoms with E-state index in [1.807, 2.05) is 31.2 Å². The van der Waals surface area contributed by atoms with Crippen LogP contribution in [0.15, 0.2) is 48.5 Å². The number of likely N-dealkylation sites (N-methyl/N-ethyl adjacent to an activating group) is 1. The molecule has 1 N–H and O–H groups in total. The highest BCUT2D eigenvalue weighted by molar-refractivity contribution is 6.12. The van der Waals surface area contributed by atoms with Crippen molar-refractivity contribution in [2.75, 3.05) is 30.4 Å². The molecule has 0 unspecified atom stereocenters. The average molecular weight is 337 g/mol. The van der Waals surface area contributed by atoms with Crippen LogP contribution in [0.3, 0.4) is 0 Å². The Morgan fingerprint density at radius 2 is 1.76 bits per heavy atom. The molecule has 128 valence electrons. The van der Waals surface area contributed by atoms with E-state index in [0.717, 1.165) is 5.56 Å². The van der Waals surface area contributed by atoms with E-state index in [9.17, 15) is 14.4 Å². The second kappa shape index (κ2) is 6.76. The molecular formula is C19H19N3O3. The van der Waals surface area contributed by atoms with Gasteiger partial charge in [0.25, 0.3) is 5.91 Å². The summed E-state index contributed by atoms with van der Waals surface area (Å²) in [7, 11) is 1.58. The van der Waals surface area contributed by atoms with Crippen LogP contribution < -0.4 is 10.2 Å².